The minimum absolute atomic E-state index is 0.0106. The molecule has 1 unspecified atom stereocenters. The van der Waals surface area contributed by atoms with Crippen LogP contribution in [0.1, 0.15) is 26.2 Å². The normalized spacial score (nSPS) is 20.7. The quantitative estimate of drug-likeness (QED) is 0.693. The fraction of sp³-hybridized carbons (Fsp3) is 0.917. The number of hydrogen-bond donors (Lipinski definition) is 0. The smallest absolute Gasteiger partial charge is 0.308 e. The molecule has 0 aliphatic carbocycles. The van der Waals surface area contributed by atoms with Crippen molar-refractivity contribution in [2.24, 2.45) is 5.92 Å². The molecule has 1 heterocycles. The summed E-state index contributed by atoms with van der Waals surface area (Å²) in [7, 11) is 2.11. The van der Waals surface area contributed by atoms with Crippen molar-refractivity contribution >= 4 is 17.7 Å². The van der Waals surface area contributed by atoms with Gasteiger partial charge in [-0.05, 0) is 38.3 Å². The number of carbonyl (C=O) groups is 1. The first kappa shape index (κ1) is 13.8. The van der Waals surface area contributed by atoms with Crippen molar-refractivity contribution in [3.63, 3.8) is 0 Å². The standard InChI is InChI=1S/C12H23NO2S/c1-10(6-9-16-3)12(14)15-11-4-7-13(2)8-5-11/h10-11H,4-9H2,1-3H3. The first-order valence-corrected chi connectivity index (χ1v) is 7.41. The monoisotopic (exact) mass is 245 g/mol. The summed E-state index contributed by atoms with van der Waals surface area (Å²) in [4.78, 5) is 14.0. The van der Waals surface area contributed by atoms with E-state index < -0.39 is 0 Å². The van der Waals surface area contributed by atoms with Crippen LogP contribution in [0.25, 0.3) is 0 Å². The van der Waals surface area contributed by atoms with Crippen molar-refractivity contribution in [3.8, 4) is 0 Å². The van der Waals surface area contributed by atoms with Crippen molar-refractivity contribution < 1.29 is 9.53 Å². The highest BCUT2D eigenvalue weighted by molar-refractivity contribution is 7.98. The number of piperidine rings is 1. The lowest BCUT2D eigenvalue weighted by atomic mass is 10.1. The van der Waals surface area contributed by atoms with Gasteiger partial charge in [0.2, 0.25) is 0 Å². The lowest BCUT2D eigenvalue weighted by Gasteiger charge is -2.29. The van der Waals surface area contributed by atoms with Gasteiger partial charge in [-0.1, -0.05) is 6.92 Å². The summed E-state index contributed by atoms with van der Waals surface area (Å²) in [5, 5.41) is 0. The van der Waals surface area contributed by atoms with Crippen LogP contribution in [0.15, 0.2) is 0 Å². The predicted octanol–water partition coefficient (Wildman–Crippen LogP) is 2.01. The fourth-order valence-corrected chi connectivity index (χ4v) is 2.38. The molecule has 4 heteroatoms. The van der Waals surface area contributed by atoms with Crippen molar-refractivity contribution in [1.82, 2.24) is 4.90 Å². The third-order valence-corrected chi connectivity index (χ3v) is 3.75. The zero-order chi connectivity index (χ0) is 12.0. The van der Waals surface area contributed by atoms with E-state index in [4.69, 9.17) is 4.74 Å². The molecule has 3 nitrogen and oxygen atoms in total. The van der Waals surface area contributed by atoms with Gasteiger partial charge in [-0.25, -0.2) is 0 Å². The van der Waals surface area contributed by atoms with E-state index >= 15 is 0 Å². The van der Waals surface area contributed by atoms with Crippen LogP contribution >= 0.6 is 11.8 Å². The fourth-order valence-electron chi connectivity index (χ4n) is 1.80. The molecule has 0 bridgehead atoms. The maximum atomic E-state index is 11.8. The Morgan fingerprint density at radius 2 is 2.12 bits per heavy atom. The highest BCUT2D eigenvalue weighted by Crippen LogP contribution is 2.16. The van der Waals surface area contributed by atoms with E-state index in [0.717, 1.165) is 38.1 Å². The van der Waals surface area contributed by atoms with Crippen molar-refractivity contribution in [2.75, 3.05) is 32.1 Å². The zero-order valence-corrected chi connectivity index (χ0v) is 11.4. The summed E-state index contributed by atoms with van der Waals surface area (Å²) in [5.41, 5.74) is 0. The van der Waals surface area contributed by atoms with Crippen LogP contribution in [-0.4, -0.2) is 49.1 Å². The minimum atomic E-state index is -0.0106. The van der Waals surface area contributed by atoms with Crippen molar-refractivity contribution in [3.05, 3.63) is 0 Å². The molecule has 16 heavy (non-hydrogen) atoms. The molecule has 0 aromatic heterocycles. The van der Waals surface area contributed by atoms with Crippen LogP contribution in [-0.2, 0) is 9.53 Å². The SMILES string of the molecule is CSCCC(C)C(=O)OC1CCN(C)CC1. The van der Waals surface area contributed by atoms with E-state index in [-0.39, 0.29) is 18.0 Å². The number of nitrogens with zero attached hydrogens (tertiary/aromatic N) is 1. The maximum absolute atomic E-state index is 11.8. The molecular weight excluding hydrogens is 222 g/mol. The van der Waals surface area contributed by atoms with Gasteiger partial charge in [-0.3, -0.25) is 4.79 Å². The van der Waals surface area contributed by atoms with E-state index in [1.807, 2.05) is 6.92 Å². The average molecular weight is 245 g/mol. The molecule has 1 aliphatic rings. The molecule has 94 valence electrons. The molecule has 0 amide bonds. The summed E-state index contributed by atoms with van der Waals surface area (Å²) in [6.45, 7) is 4.04. The van der Waals surface area contributed by atoms with Crippen LogP contribution in [0.5, 0.6) is 0 Å². The molecule has 1 rings (SSSR count). The van der Waals surface area contributed by atoms with Gasteiger partial charge in [-0.2, -0.15) is 11.8 Å². The largest absolute Gasteiger partial charge is 0.462 e. The number of carbonyl (C=O) groups excluding carboxylic acids is 1. The van der Waals surface area contributed by atoms with Crippen LogP contribution in [0, 0.1) is 5.92 Å². The summed E-state index contributed by atoms with van der Waals surface area (Å²) in [6, 6.07) is 0. The molecule has 0 aromatic carbocycles. The van der Waals surface area contributed by atoms with E-state index in [0.29, 0.717) is 0 Å². The zero-order valence-electron chi connectivity index (χ0n) is 10.6. The third-order valence-electron chi connectivity index (χ3n) is 3.11. The highest BCUT2D eigenvalue weighted by Gasteiger charge is 2.22. The Bertz CT molecular complexity index is 215. The molecule has 0 saturated carbocycles. The summed E-state index contributed by atoms with van der Waals surface area (Å²) in [6.07, 6.45) is 5.11. The van der Waals surface area contributed by atoms with Gasteiger partial charge in [0.25, 0.3) is 0 Å². The number of rotatable bonds is 5. The predicted molar refractivity (Wildman–Crippen MR) is 68.8 cm³/mol. The number of likely N-dealkylation sites (tertiary alicyclic amines) is 1. The first-order valence-electron chi connectivity index (χ1n) is 6.01. The lowest BCUT2D eigenvalue weighted by Crippen LogP contribution is -2.36. The third kappa shape index (κ3) is 4.74. The van der Waals surface area contributed by atoms with E-state index in [1.54, 1.807) is 11.8 Å². The number of esters is 1. The Balaban J connectivity index is 2.22. The molecular formula is C12H23NO2S. The first-order chi connectivity index (χ1) is 7.63. The molecule has 0 spiro atoms. The molecule has 0 N–H and O–H groups in total. The van der Waals surface area contributed by atoms with Crippen LogP contribution < -0.4 is 0 Å². The second-order valence-electron chi connectivity index (χ2n) is 4.62. The molecule has 1 fully saturated rings. The topological polar surface area (TPSA) is 29.5 Å². The summed E-state index contributed by atoms with van der Waals surface area (Å²) < 4.78 is 5.52. The van der Waals surface area contributed by atoms with E-state index in [2.05, 4.69) is 18.2 Å². The van der Waals surface area contributed by atoms with Crippen molar-refractivity contribution in [2.45, 2.75) is 32.3 Å². The Hall–Kier alpha value is -0.220. The molecule has 1 aliphatic heterocycles. The Kier molecular flexibility index (Phi) is 6.21. The summed E-state index contributed by atoms with van der Waals surface area (Å²) >= 11 is 1.78. The molecule has 1 atom stereocenters. The molecule has 0 aromatic rings. The van der Waals surface area contributed by atoms with Gasteiger partial charge >= 0.3 is 5.97 Å². The van der Waals surface area contributed by atoms with Gasteiger partial charge in [0.15, 0.2) is 0 Å². The number of thioether (sulfide) groups is 1. The second-order valence-corrected chi connectivity index (χ2v) is 5.61. The lowest BCUT2D eigenvalue weighted by molar-refractivity contribution is -0.155. The Labute approximate surface area is 103 Å². The number of ether oxygens (including phenoxy) is 1. The van der Waals surface area contributed by atoms with Crippen LogP contribution in [0.2, 0.25) is 0 Å². The second kappa shape index (κ2) is 7.17. The van der Waals surface area contributed by atoms with Gasteiger partial charge in [-0.15, -0.1) is 0 Å². The number of hydrogen-bond acceptors (Lipinski definition) is 4. The maximum Gasteiger partial charge on any atom is 0.308 e. The van der Waals surface area contributed by atoms with Crippen LogP contribution in [0.4, 0.5) is 0 Å². The van der Waals surface area contributed by atoms with Gasteiger partial charge < -0.3 is 9.64 Å². The van der Waals surface area contributed by atoms with Crippen LogP contribution in [0.3, 0.4) is 0 Å². The summed E-state index contributed by atoms with van der Waals surface area (Å²) in [5.74, 6) is 1.07. The van der Waals surface area contributed by atoms with Gasteiger partial charge in [0, 0.05) is 13.1 Å². The van der Waals surface area contributed by atoms with Crippen molar-refractivity contribution in [1.29, 1.82) is 0 Å². The Morgan fingerprint density at radius 1 is 1.50 bits per heavy atom. The van der Waals surface area contributed by atoms with Gasteiger partial charge in [0.1, 0.15) is 6.10 Å². The highest BCUT2D eigenvalue weighted by atomic mass is 32.2. The van der Waals surface area contributed by atoms with E-state index in [1.165, 1.54) is 0 Å². The molecule has 0 radical (unpaired) electrons. The van der Waals surface area contributed by atoms with Gasteiger partial charge in [0.05, 0.1) is 5.92 Å². The Morgan fingerprint density at radius 3 is 2.69 bits per heavy atom. The molecule has 1 saturated heterocycles. The minimum Gasteiger partial charge on any atom is -0.462 e. The average Bonchev–Trinajstić information content (AvgIpc) is 2.29. The van der Waals surface area contributed by atoms with E-state index in [9.17, 15) is 4.79 Å².